The van der Waals surface area contributed by atoms with Crippen LogP contribution in [0.1, 0.15) is 22.2 Å². The molecule has 0 radical (unpaired) electrons. The van der Waals surface area contributed by atoms with Crippen LogP contribution in [-0.4, -0.2) is 32.3 Å². The summed E-state index contributed by atoms with van der Waals surface area (Å²) in [5.74, 6) is -0.681. The summed E-state index contributed by atoms with van der Waals surface area (Å²) in [6.45, 7) is 2.21. The molecule has 5 nitrogen and oxygen atoms in total. The van der Waals surface area contributed by atoms with Crippen LogP contribution in [-0.2, 0) is 21.3 Å². The smallest absolute Gasteiger partial charge is 0.339 e. The van der Waals surface area contributed by atoms with Gasteiger partial charge in [0.05, 0.1) is 21.9 Å². The number of thiophene rings is 1. The van der Waals surface area contributed by atoms with E-state index in [0.29, 0.717) is 4.34 Å². The van der Waals surface area contributed by atoms with Gasteiger partial charge in [-0.1, -0.05) is 30.7 Å². The maximum atomic E-state index is 12.9. The zero-order valence-corrected chi connectivity index (χ0v) is 15.0. The van der Waals surface area contributed by atoms with Crippen molar-refractivity contribution in [2.75, 3.05) is 13.7 Å². The number of halogens is 1. The van der Waals surface area contributed by atoms with Crippen molar-refractivity contribution >= 4 is 38.9 Å². The molecular weight excluding hydrogens is 358 g/mol. The number of carbonyl (C=O) groups excluding carboxylic acids is 1. The van der Waals surface area contributed by atoms with Crippen molar-refractivity contribution in [3.05, 3.63) is 51.2 Å². The van der Waals surface area contributed by atoms with Gasteiger partial charge in [-0.25, -0.2) is 13.2 Å². The first kappa shape index (κ1) is 17.9. The first-order valence-electron chi connectivity index (χ1n) is 6.81. The van der Waals surface area contributed by atoms with Crippen molar-refractivity contribution in [1.29, 1.82) is 0 Å². The number of benzene rings is 1. The molecule has 1 aromatic heterocycles. The molecule has 0 atom stereocenters. The quantitative estimate of drug-likeness (QED) is 0.728. The van der Waals surface area contributed by atoms with Gasteiger partial charge in [0.1, 0.15) is 0 Å². The number of hydrogen-bond donors (Lipinski definition) is 0. The van der Waals surface area contributed by atoms with E-state index in [2.05, 4.69) is 4.74 Å². The summed E-state index contributed by atoms with van der Waals surface area (Å²) < 4.78 is 32.4. The molecule has 124 valence electrons. The van der Waals surface area contributed by atoms with E-state index in [1.807, 2.05) is 0 Å². The molecule has 0 saturated heterocycles. The van der Waals surface area contributed by atoms with Crippen molar-refractivity contribution in [3.8, 4) is 0 Å². The molecule has 0 amide bonds. The highest BCUT2D eigenvalue weighted by molar-refractivity contribution is 7.89. The van der Waals surface area contributed by atoms with Gasteiger partial charge in [-0.05, 0) is 24.3 Å². The highest BCUT2D eigenvalue weighted by Crippen LogP contribution is 2.26. The van der Waals surface area contributed by atoms with Crippen molar-refractivity contribution < 1.29 is 17.9 Å². The van der Waals surface area contributed by atoms with Crippen molar-refractivity contribution in [1.82, 2.24) is 4.31 Å². The second kappa shape index (κ2) is 7.44. The van der Waals surface area contributed by atoms with Gasteiger partial charge in [0.15, 0.2) is 0 Å². The molecule has 0 bridgehead atoms. The molecule has 0 aliphatic carbocycles. The van der Waals surface area contributed by atoms with E-state index in [1.165, 1.54) is 34.9 Å². The van der Waals surface area contributed by atoms with Gasteiger partial charge in [0.25, 0.3) is 0 Å². The Hall–Kier alpha value is -1.41. The molecule has 1 heterocycles. The summed E-state index contributed by atoms with van der Waals surface area (Å²) in [5, 5.41) is 0. The van der Waals surface area contributed by atoms with Crippen LogP contribution in [0, 0.1) is 0 Å². The SMILES string of the molecule is CCN(Cc1ccc(Cl)s1)S(=O)(=O)c1ccccc1C(=O)OC. The molecule has 0 fully saturated rings. The Bertz CT molecular complexity index is 801. The van der Waals surface area contributed by atoms with Crippen LogP contribution in [0.25, 0.3) is 0 Å². The molecule has 0 aliphatic heterocycles. The summed E-state index contributed by atoms with van der Waals surface area (Å²) in [6, 6.07) is 9.54. The highest BCUT2D eigenvalue weighted by Gasteiger charge is 2.28. The zero-order valence-electron chi connectivity index (χ0n) is 12.7. The third-order valence-electron chi connectivity index (χ3n) is 3.22. The molecule has 0 spiro atoms. The third kappa shape index (κ3) is 3.92. The van der Waals surface area contributed by atoms with Gasteiger partial charge in [-0.3, -0.25) is 0 Å². The van der Waals surface area contributed by atoms with Crippen LogP contribution in [0.4, 0.5) is 0 Å². The fourth-order valence-corrected chi connectivity index (χ4v) is 4.88. The highest BCUT2D eigenvalue weighted by atomic mass is 35.5. The number of esters is 1. The van der Waals surface area contributed by atoms with Gasteiger partial charge in [-0.2, -0.15) is 4.31 Å². The fourth-order valence-electron chi connectivity index (χ4n) is 2.09. The van der Waals surface area contributed by atoms with E-state index < -0.39 is 16.0 Å². The Morgan fingerprint density at radius 3 is 2.52 bits per heavy atom. The Labute approximate surface area is 144 Å². The second-order valence-corrected chi connectivity index (χ2v) is 8.33. The molecule has 23 heavy (non-hydrogen) atoms. The summed E-state index contributed by atoms with van der Waals surface area (Å²) in [6.07, 6.45) is 0. The average molecular weight is 374 g/mol. The molecule has 1 aromatic carbocycles. The largest absolute Gasteiger partial charge is 0.465 e. The Balaban J connectivity index is 2.41. The summed E-state index contributed by atoms with van der Waals surface area (Å²) in [5.41, 5.74) is 0.0256. The van der Waals surface area contributed by atoms with Gasteiger partial charge in [0.2, 0.25) is 10.0 Å². The lowest BCUT2D eigenvalue weighted by molar-refractivity contribution is 0.0596. The first-order valence-corrected chi connectivity index (χ1v) is 9.45. The van der Waals surface area contributed by atoms with E-state index in [9.17, 15) is 13.2 Å². The average Bonchev–Trinajstić information content (AvgIpc) is 2.96. The zero-order chi connectivity index (χ0) is 17.0. The molecule has 8 heteroatoms. The van der Waals surface area contributed by atoms with Crippen molar-refractivity contribution in [3.63, 3.8) is 0 Å². The molecule has 0 aliphatic rings. The number of carbonyl (C=O) groups is 1. The normalized spacial score (nSPS) is 11.7. The number of methoxy groups -OCH3 is 1. The molecule has 0 unspecified atom stereocenters. The first-order chi connectivity index (χ1) is 10.9. The van der Waals surface area contributed by atoms with Crippen LogP contribution < -0.4 is 0 Å². The second-order valence-electron chi connectivity index (χ2n) is 4.62. The minimum absolute atomic E-state index is 0.0256. The fraction of sp³-hybridized carbons (Fsp3) is 0.267. The van der Waals surface area contributed by atoms with E-state index in [-0.39, 0.29) is 23.5 Å². The summed E-state index contributed by atoms with van der Waals surface area (Å²) in [7, 11) is -2.61. The Morgan fingerprint density at radius 2 is 1.96 bits per heavy atom. The molecule has 0 N–H and O–H groups in total. The van der Waals surface area contributed by atoms with Gasteiger partial charge < -0.3 is 4.74 Å². The lowest BCUT2D eigenvalue weighted by atomic mass is 10.2. The lowest BCUT2D eigenvalue weighted by Crippen LogP contribution is -2.31. The van der Waals surface area contributed by atoms with E-state index in [4.69, 9.17) is 11.6 Å². The maximum absolute atomic E-state index is 12.9. The molecule has 0 saturated carbocycles. The maximum Gasteiger partial charge on any atom is 0.339 e. The van der Waals surface area contributed by atoms with Crippen LogP contribution in [0.2, 0.25) is 4.34 Å². The predicted octanol–water partition coefficient (Wildman–Crippen LogP) is 3.40. The van der Waals surface area contributed by atoms with Gasteiger partial charge in [0, 0.05) is 18.0 Å². The Morgan fingerprint density at radius 1 is 1.26 bits per heavy atom. The third-order valence-corrected chi connectivity index (χ3v) is 6.42. The van der Waals surface area contributed by atoms with Crippen molar-refractivity contribution in [2.45, 2.75) is 18.4 Å². The van der Waals surface area contributed by atoms with Crippen LogP contribution in [0.15, 0.2) is 41.3 Å². The monoisotopic (exact) mass is 373 g/mol. The number of nitrogens with zero attached hydrogens (tertiary/aromatic N) is 1. The topological polar surface area (TPSA) is 63.7 Å². The number of ether oxygens (including phenoxy) is 1. The van der Waals surface area contributed by atoms with E-state index in [0.717, 1.165) is 4.88 Å². The number of sulfonamides is 1. The van der Waals surface area contributed by atoms with E-state index >= 15 is 0 Å². The lowest BCUT2D eigenvalue weighted by Gasteiger charge is -2.21. The van der Waals surface area contributed by atoms with Crippen LogP contribution in [0.3, 0.4) is 0 Å². The van der Waals surface area contributed by atoms with Crippen LogP contribution in [0.5, 0.6) is 0 Å². The van der Waals surface area contributed by atoms with Gasteiger partial charge >= 0.3 is 5.97 Å². The van der Waals surface area contributed by atoms with Crippen LogP contribution >= 0.6 is 22.9 Å². The number of hydrogen-bond acceptors (Lipinski definition) is 5. The summed E-state index contributed by atoms with van der Waals surface area (Å²) >= 11 is 7.22. The minimum atomic E-state index is -3.83. The molecule has 2 rings (SSSR count). The standard InChI is InChI=1S/C15H16ClNO4S2/c1-3-17(10-11-8-9-14(16)22-11)23(19,20)13-7-5-4-6-12(13)15(18)21-2/h4-9H,3,10H2,1-2H3. The molecule has 2 aromatic rings. The summed E-state index contributed by atoms with van der Waals surface area (Å²) in [4.78, 5) is 12.6. The minimum Gasteiger partial charge on any atom is -0.465 e. The number of rotatable bonds is 6. The van der Waals surface area contributed by atoms with Crippen molar-refractivity contribution in [2.24, 2.45) is 0 Å². The molecular formula is C15H16ClNO4S2. The Kier molecular flexibility index (Phi) is 5.80. The van der Waals surface area contributed by atoms with E-state index in [1.54, 1.807) is 31.2 Å². The predicted molar refractivity (Wildman–Crippen MR) is 90.4 cm³/mol. The van der Waals surface area contributed by atoms with Gasteiger partial charge in [-0.15, -0.1) is 11.3 Å².